The number of hydrogen-bond donors (Lipinski definition) is 1. The Hall–Kier alpha value is -1.66. The molecule has 0 aliphatic rings. The number of aromatic nitrogens is 4. The molecule has 5 nitrogen and oxygen atoms in total. The molecular weight excluding hydrogens is 306 g/mol. The first-order valence-electron chi connectivity index (χ1n) is 6.72. The van der Waals surface area contributed by atoms with Crippen LogP contribution in [0.2, 0.25) is 4.34 Å². The fourth-order valence-electron chi connectivity index (χ4n) is 2.18. The van der Waals surface area contributed by atoms with E-state index in [4.69, 9.17) is 11.6 Å². The fourth-order valence-corrected chi connectivity index (χ4v) is 3.27. The van der Waals surface area contributed by atoms with Crippen LogP contribution in [0.15, 0.2) is 12.1 Å². The van der Waals surface area contributed by atoms with Crippen molar-refractivity contribution in [3.05, 3.63) is 38.6 Å². The van der Waals surface area contributed by atoms with Gasteiger partial charge in [-0.15, -0.1) is 11.3 Å². The summed E-state index contributed by atoms with van der Waals surface area (Å²) in [4.78, 5) is 8.91. The van der Waals surface area contributed by atoms with Crippen LogP contribution in [0.5, 0.6) is 0 Å². The summed E-state index contributed by atoms with van der Waals surface area (Å²) in [5.41, 5.74) is 3.70. The molecule has 0 bridgehead atoms. The molecule has 0 unspecified atom stereocenters. The Morgan fingerprint density at radius 3 is 2.71 bits per heavy atom. The Balaban J connectivity index is 1.75. The molecule has 110 valence electrons. The number of nitrogens with one attached hydrogen (secondary N) is 1. The minimum absolute atomic E-state index is 0.773. The second-order valence-electron chi connectivity index (χ2n) is 4.98. The topological polar surface area (TPSA) is 55.1 Å². The van der Waals surface area contributed by atoms with Crippen LogP contribution in [0, 0.1) is 20.8 Å². The van der Waals surface area contributed by atoms with Gasteiger partial charge in [0, 0.05) is 30.8 Å². The van der Waals surface area contributed by atoms with Crippen LogP contribution in [0.4, 0.5) is 5.82 Å². The molecule has 0 saturated heterocycles. The summed E-state index contributed by atoms with van der Waals surface area (Å²) in [5, 5.41) is 8.90. The number of halogens is 1. The third-order valence-electron chi connectivity index (χ3n) is 3.11. The summed E-state index contributed by atoms with van der Waals surface area (Å²) < 4.78 is 2.61. The lowest BCUT2D eigenvalue weighted by atomic mass is 10.4. The van der Waals surface area contributed by atoms with E-state index in [9.17, 15) is 0 Å². The Morgan fingerprint density at radius 2 is 2.00 bits per heavy atom. The Kier molecular flexibility index (Phi) is 3.82. The van der Waals surface area contributed by atoms with E-state index < -0.39 is 0 Å². The molecule has 0 aliphatic carbocycles. The zero-order chi connectivity index (χ0) is 15.0. The molecule has 3 aromatic heterocycles. The second-order valence-corrected chi connectivity index (χ2v) is 6.67. The highest BCUT2D eigenvalue weighted by Crippen LogP contribution is 2.23. The third kappa shape index (κ3) is 3.01. The first-order valence-corrected chi connectivity index (χ1v) is 7.92. The van der Waals surface area contributed by atoms with Crippen molar-refractivity contribution in [2.45, 2.75) is 27.2 Å². The van der Waals surface area contributed by atoms with Crippen molar-refractivity contribution in [3.8, 4) is 0 Å². The summed E-state index contributed by atoms with van der Waals surface area (Å²) >= 11 is 7.58. The molecule has 0 aromatic carbocycles. The van der Waals surface area contributed by atoms with Gasteiger partial charge in [-0.2, -0.15) is 9.61 Å². The van der Waals surface area contributed by atoms with Crippen molar-refractivity contribution in [1.82, 2.24) is 19.6 Å². The van der Waals surface area contributed by atoms with Gasteiger partial charge in [0.2, 0.25) is 0 Å². The van der Waals surface area contributed by atoms with Crippen molar-refractivity contribution in [2.75, 3.05) is 11.9 Å². The molecule has 0 radical (unpaired) electrons. The van der Waals surface area contributed by atoms with Crippen LogP contribution in [-0.4, -0.2) is 26.1 Å². The molecule has 0 saturated carbocycles. The minimum Gasteiger partial charge on any atom is -0.369 e. The first-order chi connectivity index (χ1) is 10.0. The van der Waals surface area contributed by atoms with Crippen LogP contribution >= 0.6 is 22.9 Å². The van der Waals surface area contributed by atoms with Crippen LogP contribution in [-0.2, 0) is 6.42 Å². The van der Waals surface area contributed by atoms with E-state index in [0.29, 0.717) is 0 Å². The summed E-state index contributed by atoms with van der Waals surface area (Å²) in [6, 6.07) is 3.97. The summed E-state index contributed by atoms with van der Waals surface area (Å²) in [7, 11) is 0. The molecule has 1 N–H and O–H groups in total. The highest BCUT2D eigenvalue weighted by Gasteiger charge is 2.08. The van der Waals surface area contributed by atoms with E-state index >= 15 is 0 Å². The average Bonchev–Trinajstić information content (AvgIpc) is 2.92. The zero-order valence-corrected chi connectivity index (χ0v) is 13.7. The molecule has 3 heterocycles. The molecule has 21 heavy (non-hydrogen) atoms. The van der Waals surface area contributed by atoms with Crippen LogP contribution in [0.1, 0.15) is 22.1 Å². The smallest absolute Gasteiger partial charge is 0.157 e. The molecule has 0 amide bonds. The van der Waals surface area contributed by atoms with Gasteiger partial charge in [0.15, 0.2) is 5.65 Å². The van der Waals surface area contributed by atoms with Crippen molar-refractivity contribution < 1.29 is 0 Å². The average molecular weight is 322 g/mol. The normalized spacial score (nSPS) is 11.2. The highest BCUT2D eigenvalue weighted by atomic mass is 35.5. The lowest BCUT2D eigenvalue weighted by Crippen LogP contribution is -2.10. The maximum Gasteiger partial charge on any atom is 0.157 e. The fraction of sp³-hybridized carbons (Fsp3) is 0.357. The van der Waals surface area contributed by atoms with E-state index in [-0.39, 0.29) is 0 Å². The van der Waals surface area contributed by atoms with Gasteiger partial charge in [-0.3, -0.25) is 0 Å². The molecule has 0 spiro atoms. The highest BCUT2D eigenvalue weighted by molar-refractivity contribution is 7.16. The molecule has 0 atom stereocenters. The minimum atomic E-state index is 0.773. The van der Waals surface area contributed by atoms with Gasteiger partial charge in [0.25, 0.3) is 0 Å². The predicted molar refractivity (Wildman–Crippen MR) is 86.5 cm³/mol. The number of nitrogens with zero attached hydrogens (tertiary/aromatic N) is 4. The molecule has 7 heteroatoms. The summed E-state index contributed by atoms with van der Waals surface area (Å²) in [5.74, 6) is 0.949. The van der Waals surface area contributed by atoms with E-state index in [1.165, 1.54) is 11.3 Å². The largest absolute Gasteiger partial charge is 0.369 e. The Labute approximate surface area is 132 Å². The van der Waals surface area contributed by atoms with Crippen molar-refractivity contribution in [3.63, 3.8) is 0 Å². The number of aryl methyl sites for hydroxylation is 3. The first kappa shape index (κ1) is 14.3. The number of fused-ring (bicyclic) bond motifs is 1. The van der Waals surface area contributed by atoms with Gasteiger partial charge in [-0.1, -0.05) is 11.6 Å². The van der Waals surface area contributed by atoms with Gasteiger partial charge >= 0.3 is 0 Å². The van der Waals surface area contributed by atoms with E-state index in [1.807, 2.05) is 37.4 Å². The summed E-state index contributed by atoms with van der Waals surface area (Å²) in [6.07, 6.45) is 0.835. The van der Waals surface area contributed by atoms with Crippen molar-refractivity contribution in [1.29, 1.82) is 0 Å². The van der Waals surface area contributed by atoms with Gasteiger partial charge in [-0.25, -0.2) is 9.97 Å². The predicted octanol–water partition coefficient (Wildman–Crippen LogP) is 3.42. The number of thiazole rings is 1. The molecule has 0 aliphatic heterocycles. The molecule has 0 fully saturated rings. The third-order valence-corrected chi connectivity index (χ3v) is 4.62. The van der Waals surface area contributed by atoms with E-state index in [0.717, 1.165) is 50.9 Å². The lowest BCUT2D eigenvalue weighted by Gasteiger charge is -2.08. The number of hydrogen-bond acceptors (Lipinski definition) is 5. The maximum atomic E-state index is 6.04. The zero-order valence-electron chi connectivity index (χ0n) is 12.1. The van der Waals surface area contributed by atoms with Crippen molar-refractivity contribution >= 4 is 34.4 Å². The number of rotatable bonds is 4. The Morgan fingerprint density at radius 1 is 1.19 bits per heavy atom. The van der Waals surface area contributed by atoms with Crippen molar-refractivity contribution in [2.24, 2.45) is 0 Å². The maximum absolute atomic E-state index is 6.04. The van der Waals surface area contributed by atoms with Gasteiger partial charge in [0.05, 0.1) is 16.4 Å². The molecule has 3 rings (SSSR count). The quantitative estimate of drug-likeness (QED) is 0.800. The van der Waals surface area contributed by atoms with E-state index in [2.05, 4.69) is 20.4 Å². The SMILES string of the molecule is Cc1cc(NCCc2nc(C)c(Cl)s2)n2nc(C)cc2n1. The Bertz CT molecular complexity index is 773. The standard InChI is InChI=1S/C14H16ClN5S/c1-8-6-11(20-12(17-8)7-9(2)19-20)16-5-4-13-18-10(3)14(15)21-13/h6-7,16H,4-5H2,1-3H3. The van der Waals surface area contributed by atoms with Gasteiger partial charge in [-0.05, 0) is 20.8 Å². The molecular formula is C14H16ClN5S. The molecule has 3 aromatic rings. The van der Waals surface area contributed by atoms with Gasteiger partial charge in [0.1, 0.15) is 10.2 Å². The van der Waals surface area contributed by atoms with E-state index in [1.54, 1.807) is 0 Å². The van der Waals surface area contributed by atoms with Crippen LogP contribution in [0.25, 0.3) is 5.65 Å². The van der Waals surface area contributed by atoms with Gasteiger partial charge < -0.3 is 5.32 Å². The lowest BCUT2D eigenvalue weighted by molar-refractivity contribution is 0.889. The monoisotopic (exact) mass is 321 g/mol. The number of anilines is 1. The van der Waals surface area contributed by atoms with Crippen LogP contribution in [0.3, 0.4) is 0 Å². The second kappa shape index (κ2) is 5.61. The van der Waals surface area contributed by atoms with Crippen LogP contribution < -0.4 is 5.32 Å². The summed E-state index contributed by atoms with van der Waals surface area (Å²) in [6.45, 7) is 6.66.